The number of benzene rings is 1. The van der Waals surface area contributed by atoms with Crippen LogP contribution >= 0.6 is 23.1 Å². The number of nitrogens with zero attached hydrogens (tertiary/aromatic N) is 1. The van der Waals surface area contributed by atoms with Gasteiger partial charge in [0.15, 0.2) is 0 Å². The summed E-state index contributed by atoms with van der Waals surface area (Å²) in [6.45, 7) is 5.92. The van der Waals surface area contributed by atoms with Crippen molar-refractivity contribution in [2.24, 2.45) is 0 Å². The SMILES string of the molecule is CCCNCc1csc(-c2c(F)cccc2SCC)n1. The Hall–Kier alpha value is -0.910. The van der Waals surface area contributed by atoms with Crippen LogP contribution in [0.25, 0.3) is 10.6 Å². The average Bonchev–Trinajstić information content (AvgIpc) is 2.88. The lowest BCUT2D eigenvalue weighted by Gasteiger charge is -2.06. The molecule has 5 heteroatoms. The van der Waals surface area contributed by atoms with Gasteiger partial charge in [-0.2, -0.15) is 0 Å². The summed E-state index contributed by atoms with van der Waals surface area (Å²) in [5.41, 5.74) is 1.63. The van der Waals surface area contributed by atoms with Crippen LogP contribution in [-0.4, -0.2) is 17.3 Å². The molecule has 0 spiro atoms. The summed E-state index contributed by atoms with van der Waals surface area (Å²) < 4.78 is 14.1. The van der Waals surface area contributed by atoms with E-state index >= 15 is 0 Å². The maximum atomic E-state index is 14.1. The number of halogens is 1. The van der Waals surface area contributed by atoms with Gasteiger partial charge in [0.05, 0.1) is 11.3 Å². The van der Waals surface area contributed by atoms with Crippen molar-refractivity contribution in [1.29, 1.82) is 0 Å². The fraction of sp³-hybridized carbons (Fsp3) is 0.400. The second kappa shape index (κ2) is 7.76. The first kappa shape index (κ1) is 15.5. The molecule has 0 bridgehead atoms. The van der Waals surface area contributed by atoms with Crippen LogP contribution in [-0.2, 0) is 6.54 Å². The van der Waals surface area contributed by atoms with Gasteiger partial charge in [-0.1, -0.05) is 19.9 Å². The van der Waals surface area contributed by atoms with Crippen molar-refractivity contribution < 1.29 is 4.39 Å². The minimum absolute atomic E-state index is 0.189. The van der Waals surface area contributed by atoms with Crippen molar-refractivity contribution in [3.8, 4) is 10.6 Å². The summed E-state index contributed by atoms with van der Waals surface area (Å²) in [7, 11) is 0. The first-order chi connectivity index (χ1) is 9.76. The van der Waals surface area contributed by atoms with Crippen LogP contribution in [0.3, 0.4) is 0 Å². The molecule has 1 heterocycles. The van der Waals surface area contributed by atoms with Gasteiger partial charge in [-0.25, -0.2) is 9.37 Å². The first-order valence-corrected chi connectivity index (χ1v) is 8.69. The molecule has 0 saturated heterocycles. The van der Waals surface area contributed by atoms with Crippen molar-refractivity contribution in [2.75, 3.05) is 12.3 Å². The number of hydrogen-bond donors (Lipinski definition) is 1. The molecular formula is C15H19FN2S2. The third-order valence-electron chi connectivity index (χ3n) is 2.77. The second-order valence-electron chi connectivity index (χ2n) is 4.37. The van der Waals surface area contributed by atoms with E-state index in [-0.39, 0.29) is 5.82 Å². The number of rotatable bonds is 7. The van der Waals surface area contributed by atoms with Crippen LogP contribution in [0.15, 0.2) is 28.5 Å². The lowest BCUT2D eigenvalue weighted by Crippen LogP contribution is -2.13. The van der Waals surface area contributed by atoms with Gasteiger partial charge >= 0.3 is 0 Å². The molecule has 0 aliphatic carbocycles. The quantitative estimate of drug-likeness (QED) is 0.599. The van der Waals surface area contributed by atoms with Crippen LogP contribution in [0.5, 0.6) is 0 Å². The summed E-state index contributed by atoms with van der Waals surface area (Å²) in [6, 6.07) is 5.22. The molecular weight excluding hydrogens is 291 g/mol. The third-order valence-corrected chi connectivity index (χ3v) is 4.62. The number of nitrogens with one attached hydrogen (secondary N) is 1. The second-order valence-corrected chi connectivity index (χ2v) is 6.53. The summed E-state index contributed by atoms with van der Waals surface area (Å²) in [4.78, 5) is 5.53. The molecule has 1 aromatic carbocycles. The normalized spacial score (nSPS) is 10.9. The molecule has 0 unspecified atom stereocenters. The highest BCUT2D eigenvalue weighted by Crippen LogP contribution is 2.35. The fourth-order valence-corrected chi connectivity index (χ4v) is 3.65. The largest absolute Gasteiger partial charge is 0.311 e. The zero-order valence-corrected chi connectivity index (χ0v) is 13.4. The van der Waals surface area contributed by atoms with Gasteiger partial charge in [0.25, 0.3) is 0 Å². The Morgan fingerprint density at radius 3 is 2.95 bits per heavy atom. The lowest BCUT2D eigenvalue weighted by atomic mass is 10.2. The van der Waals surface area contributed by atoms with Gasteiger partial charge in [-0.05, 0) is 30.9 Å². The molecule has 0 radical (unpaired) electrons. The summed E-state index contributed by atoms with van der Waals surface area (Å²) in [5, 5.41) is 6.09. The third kappa shape index (κ3) is 3.81. The number of thiazole rings is 1. The molecule has 0 amide bonds. The first-order valence-electron chi connectivity index (χ1n) is 6.83. The van der Waals surface area contributed by atoms with Crippen molar-refractivity contribution in [1.82, 2.24) is 10.3 Å². The minimum Gasteiger partial charge on any atom is -0.311 e. The molecule has 20 heavy (non-hydrogen) atoms. The Balaban J connectivity index is 2.23. The Labute approximate surface area is 127 Å². The van der Waals surface area contributed by atoms with Crippen LogP contribution in [0, 0.1) is 5.82 Å². The Bertz CT molecular complexity index is 555. The Morgan fingerprint density at radius 2 is 2.20 bits per heavy atom. The highest BCUT2D eigenvalue weighted by molar-refractivity contribution is 7.99. The van der Waals surface area contributed by atoms with Crippen molar-refractivity contribution in [3.05, 3.63) is 35.1 Å². The number of thioether (sulfide) groups is 1. The van der Waals surface area contributed by atoms with E-state index in [1.807, 2.05) is 11.4 Å². The summed E-state index contributed by atoms with van der Waals surface area (Å²) in [6.07, 6.45) is 1.10. The molecule has 0 fully saturated rings. The van der Waals surface area contributed by atoms with Gasteiger partial charge in [0, 0.05) is 16.8 Å². The van der Waals surface area contributed by atoms with E-state index < -0.39 is 0 Å². The van der Waals surface area contributed by atoms with Gasteiger partial charge in [-0.15, -0.1) is 23.1 Å². The highest BCUT2D eigenvalue weighted by Gasteiger charge is 2.14. The maximum absolute atomic E-state index is 14.1. The predicted molar refractivity (Wildman–Crippen MR) is 85.9 cm³/mol. The van der Waals surface area contributed by atoms with Crippen molar-refractivity contribution >= 4 is 23.1 Å². The Kier molecular flexibility index (Phi) is 6.01. The standard InChI is InChI=1S/C15H19FN2S2/c1-3-8-17-9-11-10-20-15(18-11)14-12(16)6-5-7-13(14)19-4-2/h5-7,10,17H,3-4,8-9H2,1-2H3. The molecule has 2 nitrogen and oxygen atoms in total. The van der Waals surface area contributed by atoms with Gasteiger partial charge < -0.3 is 5.32 Å². The fourth-order valence-electron chi connectivity index (χ4n) is 1.88. The average molecular weight is 310 g/mol. The Morgan fingerprint density at radius 1 is 1.35 bits per heavy atom. The van der Waals surface area contributed by atoms with Gasteiger partial charge in [-0.3, -0.25) is 0 Å². The van der Waals surface area contributed by atoms with Crippen molar-refractivity contribution in [3.63, 3.8) is 0 Å². The molecule has 0 aliphatic rings. The molecule has 0 aliphatic heterocycles. The van der Waals surface area contributed by atoms with E-state index in [0.717, 1.165) is 40.9 Å². The van der Waals surface area contributed by atoms with E-state index in [0.29, 0.717) is 5.56 Å². The van der Waals surface area contributed by atoms with Gasteiger partial charge in [0.1, 0.15) is 10.8 Å². The number of hydrogen-bond acceptors (Lipinski definition) is 4. The topological polar surface area (TPSA) is 24.9 Å². The highest BCUT2D eigenvalue weighted by atomic mass is 32.2. The predicted octanol–water partition coefficient (Wildman–Crippen LogP) is 4.56. The molecule has 0 saturated carbocycles. The molecule has 2 aromatic rings. The molecule has 1 aromatic heterocycles. The van der Waals surface area contributed by atoms with Crippen LogP contribution in [0.2, 0.25) is 0 Å². The minimum atomic E-state index is -0.189. The lowest BCUT2D eigenvalue weighted by molar-refractivity contribution is 0.627. The number of aromatic nitrogens is 1. The maximum Gasteiger partial charge on any atom is 0.134 e. The molecule has 108 valence electrons. The van der Waals surface area contributed by atoms with E-state index in [4.69, 9.17) is 0 Å². The van der Waals surface area contributed by atoms with E-state index in [1.54, 1.807) is 17.8 Å². The van der Waals surface area contributed by atoms with Crippen LogP contribution < -0.4 is 5.32 Å². The zero-order chi connectivity index (χ0) is 14.4. The van der Waals surface area contributed by atoms with E-state index in [1.165, 1.54) is 17.4 Å². The van der Waals surface area contributed by atoms with Gasteiger partial charge in [0.2, 0.25) is 0 Å². The van der Waals surface area contributed by atoms with Crippen molar-refractivity contribution in [2.45, 2.75) is 31.7 Å². The van der Waals surface area contributed by atoms with Crippen LogP contribution in [0.4, 0.5) is 4.39 Å². The van der Waals surface area contributed by atoms with E-state index in [2.05, 4.69) is 24.1 Å². The monoisotopic (exact) mass is 310 g/mol. The van der Waals surface area contributed by atoms with E-state index in [9.17, 15) is 4.39 Å². The summed E-state index contributed by atoms with van der Waals surface area (Å²) in [5.74, 6) is 0.734. The van der Waals surface area contributed by atoms with Crippen LogP contribution in [0.1, 0.15) is 26.0 Å². The summed E-state index contributed by atoms with van der Waals surface area (Å²) >= 11 is 3.16. The smallest absolute Gasteiger partial charge is 0.134 e. The zero-order valence-electron chi connectivity index (χ0n) is 11.8. The molecule has 0 atom stereocenters. The molecule has 2 rings (SSSR count). The molecule has 1 N–H and O–H groups in total.